The van der Waals surface area contributed by atoms with Crippen molar-refractivity contribution in [3.63, 3.8) is 0 Å². The lowest BCUT2D eigenvalue weighted by Gasteiger charge is -2.08. The van der Waals surface area contributed by atoms with Crippen LogP contribution in [0, 0.1) is 0 Å². The lowest BCUT2D eigenvalue weighted by Crippen LogP contribution is -1.90. The summed E-state index contributed by atoms with van der Waals surface area (Å²) in [4.78, 5) is 0. The summed E-state index contributed by atoms with van der Waals surface area (Å²) in [6, 6.07) is 21.2. The van der Waals surface area contributed by atoms with Crippen LogP contribution in [-0.4, -0.2) is 73.3 Å². The normalized spacial score (nSPS) is 10.9. The molecule has 3 heterocycles. The Balaban J connectivity index is 1.32. The molecule has 7 rings (SSSR count). The van der Waals surface area contributed by atoms with Gasteiger partial charge in [-0.1, -0.05) is 0 Å². The van der Waals surface area contributed by atoms with E-state index in [1.165, 1.54) is 0 Å². The maximum Gasteiger partial charge on any atom is 0.251 e. The topological polar surface area (TPSA) is 172 Å². The van der Waals surface area contributed by atoms with Crippen LogP contribution in [0.15, 0.2) is 86.0 Å². The first-order valence-electron chi connectivity index (χ1n) is 15.3. The van der Waals surface area contributed by atoms with Gasteiger partial charge >= 0.3 is 0 Å². The van der Waals surface area contributed by atoms with Gasteiger partial charge in [-0.3, -0.25) is 0 Å². The molecule has 7 aromatic rings. The van der Waals surface area contributed by atoms with E-state index in [1.807, 2.05) is 0 Å². The Morgan fingerprint density at radius 3 is 0.863 bits per heavy atom. The Kier molecular flexibility index (Phi) is 8.90. The summed E-state index contributed by atoms with van der Waals surface area (Å²) in [7, 11) is 9.36. The van der Waals surface area contributed by atoms with Gasteiger partial charge < -0.3 is 41.7 Å². The first-order chi connectivity index (χ1) is 24.9. The Morgan fingerprint density at radius 1 is 0.333 bits per heavy atom. The standard InChI is InChI=1S/C36H30N6O9/c1-43-22-7-10-25(28(16-22)46-4)34-40-37-31(49-34)19-13-20(32-38-41-35(50-32)26-11-8-23(44-2)17-29(26)47-5)15-21(14-19)33-39-42-36(51-33)27-12-9-24(45-3)18-30(27)48-6/h7-18H,1-6H3. The zero-order chi connectivity index (χ0) is 35.5. The van der Waals surface area contributed by atoms with Crippen molar-refractivity contribution in [1.29, 1.82) is 0 Å². The van der Waals surface area contributed by atoms with E-state index < -0.39 is 0 Å². The molecule has 0 spiro atoms. The van der Waals surface area contributed by atoms with Crippen LogP contribution in [0.5, 0.6) is 34.5 Å². The van der Waals surface area contributed by atoms with E-state index in [1.54, 1.807) is 115 Å². The molecule has 4 aromatic carbocycles. The second-order valence-electron chi connectivity index (χ2n) is 10.7. The molecule has 0 amide bonds. The largest absolute Gasteiger partial charge is 0.497 e. The van der Waals surface area contributed by atoms with Gasteiger partial charge in [-0.15, -0.1) is 30.6 Å². The minimum atomic E-state index is 0.194. The molecule has 0 N–H and O–H groups in total. The molecular weight excluding hydrogens is 660 g/mol. The molecule has 0 bridgehead atoms. The molecule has 0 atom stereocenters. The number of benzene rings is 4. The highest BCUT2D eigenvalue weighted by Gasteiger charge is 2.22. The quantitative estimate of drug-likeness (QED) is 0.130. The van der Waals surface area contributed by atoms with Crippen molar-refractivity contribution < 1.29 is 41.7 Å². The third kappa shape index (κ3) is 6.35. The second kappa shape index (κ2) is 13.9. The van der Waals surface area contributed by atoms with Crippen LogP contribution in [-0.2, 0) is 0 Å². The number of aromatic nitrogens is 6. The molecule has 0 saturated carbocycles. The van der Waals surface area contributed by atoms with Gasteiger partial charge in [-0.2, -0.15) is 0 Å². The molecule has 0 saturated heterocycles. The molecule has 258 valence electrons. The van der Waals surface area contributed by atoms with Crippen LogP contribution < -0.4 is 28.4 Å². The van der Waals surface area contributed by atoms with Gasteiger partial charge in [0.25, 0.3) is 17.7 Å². The predicted octanol–water partition coefficient (Wildman–Crippen LogP) is 6.89. The van der Waals surface area contributed by atoms with E-state index >= 15 is 0 Å². The van der Waals surface area contributed by atoms with Crippen molar-refractivity contribution in [3.05, 3.63) is 72.8 Å². The molecular formula is C36H30N6O9. The van der Waals surface area contributed by atoms with E-state index in [4.69, 9.17) is 41.7 Å². The number of rotatable bonds is 12. The molecule has 51 heavy (non-hydrogen) atoms. The maximum absolute atomic E-state index is 6.17. The average Bonchev–Trinajstić information content (AvgIpc) is 3.99. The third-order valence-electron chi connectivity index (χ3n) is 7.87. The molecule has 0 aliphatic carbocycles. The van der Waals surface area contributed by atoms with Gasteiger partial charge in [-0.25, -0.2) is 0 Å². The fourth-order valence-corrected chi connectivity index (χ4v) is 5.27. The second-order valence-corrected chi connectivity index (χ2v) is 10.7. The van der Waals surface area contributed by atoms with Crippen LogP contribution in [0.2, 0.25) is 0 Å². The fourth-order valence-electron chi connectivity index (χ4n) is 5.27. The van der Waals surface area contributed by atoms with E-state index in [2.05, 4.69) is 30.6 Å². The van der Waals surface area contributed by atoms with Crippen molar-refractivity contribution in [2.75, 3.05) is 42.7 Å². The van der Waals surface area contributed by atoms with E-state index in [0.29, 0.717) is 67.9 Å². The van der Waals surface area contributed by atoms with Gasteiger partial charge in [0, 0.05) is 34.9 Å². The third-order valence-corrected chi connectivity index (χ3v) is 7.87. The summed E-state index contributed by atoms with van der Waals surface area (Å²) in [6.07, 6.45) is 0. The number of ether oxygens (including phenoxy) is 6. The minimum Gasteiger partial charge on any atom is -0.497 e. The number of methoxy groups -OCH3 is 6. The van der Waals surface area contributed by atoms with Crippen LogP contribution >= 0.6 is 0 Å². The molecule has 15 heteroatoms. The highest BCUT2D eigenvalue weighted by molar-refractivity contribution is 5.76. The van der Waals surface area contributed by atoms with E-state index in [-0.39, 0.29) is 35.3 Å². The van der Waals surface area contributed by atoms with E-state index in [0.717, 1.165) is 0 Å². The Bertz CT molecular complexity index is 2060. The summed E-state index contributed by atoms with van der Waals surface area (Å²) in [5, 5.41) is 25.9. The average molecular weight is 691 g/mol. The van der Waals surface area contributed by atoms with Gasteiger partial charge in [0.15, 0.2) is 0 Å². The number of hydrogen-bond donors (Lipinski definition) is 0. The molecule has 0 radical (unpaired) electrons. The SMILES string of the molecule is COc1ccc(-c2nnc(-c3cc(-c4nnc(-c5ccc(OC)cc5OC)o4)cc(-c4nnc(-c5ccc(OC)cc5OC)o4)c3)o2)c(OC)c1. The van der Waals surface area contributed by atoms with Crippen LogP contribution in [0.1, 0.15) is 0 Å². The van der Waals surface area contributed by atoms with Crippen LogP contribution in [0.25, 0.3) is 68.7 Å². The Morgan fingerprint density at radius 2 is 0.608 bits per heavy atom. The smallest absolute Gasteiger partial charge is 0.251 e. The number of nitrogens with zero attached hydrogens (tertiary/aromatic N) is 6. The Labute approximate surface area is 290 Å². The van der Waals surface area contributed by atoms with Crippen molar-refractivity contribution in [2.45, 2.75) is 0 Å². The highest BCUT2D eigenvalue weighted by Crippen LogP contribution is 2.39. The lowest BCUT2D eigenvalue weighted by molar-refractivity contribution is 0.394. The van der Waals surface area contributed by atoms with Crippen LogP contribution in [0.3, 0.4) is 0 Å². The lowest BCUT2D eigenvalue weighted by atomic mass is 10.1. The summed E-state index contributed by atoms with van der Waals surface area (Å²) < 4.78 is 51.2. The fraction of sp³-hybridized carbons (Fsp3) is 0.167. The molecule has 15 nitrogen and oxygen atoms in total. The zero-order valence-electron chi connectivity index (χ0n) is 28.3. The Hall–Kier alpha value is -6.90. The first kappa shape index (κ1) is 32.6. The molecule has 0 aliphatic rings. The van der Waals surface area contributed by atoms with Gasteiger partial charge in [0.05, 0.1) is 59.3 Å². The van der Waals surface area contributed by atoms with Crippen molar-refractivity contribution in [1.82, 2.24) is 30.6 Å². The van der Waals surface area contributed by atoms with E-state index in [9.17, 15) is 0 Å². The molecule has 0 aliphatic heterocycles. The first-order valence-corrected chi connectivity index (χ1v) is 15.3. The molecule has 3 aromatic heterocycles. The summed E-state index contributed by atoms with van der Waals surface area (Å²) in [6.45, 7) is 0. The summed E-state index contributed by atoms with van der Waals surface area (Å²) >= 11 is 0. The zero-order valence-corrected chi connectivity index (χ0v) is 28.3. The highest BCUT2D eigenvalue weighted by atomic mass is 16.5. The van der Waals surface area contributed by atoms with Gasteiger partial charge in [-0.05, 0) is 54.6 Å². The minimum absolute atomic E-state index is 0.194. The van der Waals surface area contributed by atoms with Crippen LogP contribution in [0.4, 0.5) is 0 Å². The van der Waals surface area contributed by atoms with Crippen molar-refractivity contribution >= 4 is 0 Å². The van der Waals surface area contributed by atoms with Crippen molar-refractivity contribution in [2.24, 2.45) is 0 Å². The number of hydrogen-bond acceptors (Lipinski definition) is 15. The predicted molar refractivity (Wildman–Crippen MR) is 182 cm³/mol. The summed E-state index contributed by atoms with van der Waals surface area (Å²) in [5.74, 6) is 4.62. The van der Waals surface area contributed by atoms with Crippen molar-refractivity contribution in [3.8, 4) is 103 Å². The van der Waals surface area contributed by atoms with Gasteiger partial charge in [0.1, 0.15) is 34.5 Å². The van der Waals surface area contributed by atoms with Gasteiger partial charge in [0.2, 0.25) is 17.7 Å². The molecule has 0 fully saturated rings. The molecule has 0 unspecified atom stereocenters. The summed E-state index contributed by atoms with van der Waals surface area (Å²) in [5.41, 5.74) is 3.28. The maximum atomic E-state index is 6.17. The monoisotopic (exact) mass is 690 g/mol.